The molecule has 24 heavy (non-hydrogen) atoms. The molecule has 0 amide bonds. The monoisotopic (exact) mass is 332 g/mol. The first kappa shape index (κ1) is 14.8. The van der Waals surface area contributed by atoms with Crippen LogP contribution >= 0.6 is 11.8 Å². The maximum atomic E-state index is 4.44. The van der Waals surface area contributed by atoms with Crippen LogP contribution in [-0.4, -0.2) is 19.6 Å². The molecular formula is C19H16N4S. The lowest BCUT2D eigenvalue weighted by atomic mass is 10.1. The molecule has 0 unspecified atom stereocenters. The number of rotatable bonds is 5. The van der Waals surface area contributed by atoms with Crippen molar-refractivity contribution < 1.29 is 0 Å². The number of benzene rings is 2. The smallest absolute Gasteiger partial charge is 0.169 e. The van der Waals surface area contributed by atoms with Crippen molar-refractivity contribution in [3.05, 3.63) is 97.1 Å². The SMILES string of the molecule is c1ccc(Sc2ccccc2C(n2cccn2)n2cccn2)cc1. The Morgan fingerprint density at radius 1 is 0.708 bits per heavy atom. The molecule has 2 aromatic carbocycles. The second-order valence-electron chi connectivity index (χ2n) is 5.30. The zero-order valence-electron chi connectivity index (χ0n) is 12.9. The summed E-state index contributed by atoms with van der Waals surface area (Å²) in [5.74, 6) is 0. The van der Waals surface area contributed by atoms with Gasteiger partial charge in [0.1, 0.15) is 0 Å². The Hall–Kier alpha value is -2.79. The van der Waals surface area contributed by atoms with E-state index >= 15 is 0 Å². The third-order valence-electron chi connectivity index (χ3n) is 3.72. The molecule has 118 valence electrons. The van der Waals surface area contributed by atoms with E-state index in [2.05, 4.69) is 58.7 Å². The Morgan fingerprint density at radius 3 is 1.96 bits per heavy atom. The van der Waals surface area contributed by atoms with Crippen LogP contribution in [0.1, 0.15) is 11.7 Å². The Kier molecular flexibility index (Phi) is 4.16. The summed E-state index contributed by atoms with van der Waals surface area (Å²) < 4.78 is 3.86. The molecule has 2 aromatic heterocycles. The highest BCUT2D eigenvalue weighted by Gasteiger charge is 2.20. The standard InChI is InChI=1S/C19H16N4S/c1-2-8-16(9-3-1)24-18-11-5-4-10-17(18)19(22-14-6-12-20-22)23-15-7-13-21-23/h1-15,19H. The van der Waals surface area contributed by atoms with Gasteiger partial charge >= 0.3 is 0 Å². The largest absolute Gasteiger partial charge is 0.244 e. The molecule has 0 saturated carbocycles. The Labute approximate surface area is 144 Å². The van der Waals surface area contributed by atoms with Crippen LogP contribution in [0.4, 0.5) is 0 Å². The van der Waals surface area contributed by atoms with Gasteiger partial charge in [-0.2, -0.15) is 10.2 Å². The van der Waals surface area contributed by atoms with Crippen LogP contribution in [0.15, 0.2) is 101 Å². The van der Waals surface area contributed by atoms with Crippen molar-refractivity contribution in [2.24, 2.45) is 0 Å². The van der Waals surface area contributed by atoms with Crippen LogP contribution in [0.2, 0.25) is 0 Å². The van der Waals surface area contributed by atoms with Crippen LogP contribution in [0.3, 0.4) is 0 Å². The van der Waals surface area contributed by atoms with Gasteiger partial charge in [0.15, 0.2) is 6.17 Å². The first-order valence-corrected chi connectivity index (χ1v) is 8.53. The van der Waals surface area contributed by atoms with Gasteiger partial charge in [-0.1, -0.05) is 48.2 Å². The van der Waals surface area contributed by atoms with Crippen molar-refractivity contribution in [3.8, 4) is 0 Å². The van der Waals surface area contributed by atoms with Crippen LogP contribution in [0.25, 0.3) is 0 Å². The summed E-state index contributed by atoms with van der Waals surface area (Å²) in [6.07, 6.45) is 7.42. The first-order chi connectivity index (χ1) is 11.9. The molecule has 0 spiro atoms. The van der Waals surface area contributed by atoms with Gasteiger partial charge in [0.2, 0.25) is 0 Å². The number of hydrogen-bond acceptors (Lipinski definition) is 3. The van der Waals surface area contributed by atoms with E-state index in [1.807, 2.05) is 40.0 Å². The molecule has 0 radical (unpaired) electrons. The molecule has 4 rings (SSSR count). The number of nitrogens with zero attached hydrogens (tertiary/aromatic N) is 4. The van der Waals surface area contributed by atoms with E-state index in [0.29, 0.717) is 0 Å². The van der Waals surface area contributed by atoms with Gasteiger partial charge in [0.05, 0.1) is 0 Å². The van der Waals surface area contributed by atoms with E-state index in [-0.39, 0.29) is 6.17 Å². The van der Waals surface area contributed by atoms with E-state index in [9.17, 15) is 0 Å². The van der Waals surface area contributed by atoms with Crippen molar-refractivity contribution in [3.63, 3.8) is 0 Å². The fraction of sp³-hybridized carbons (Fsp3) is 0.0526. The molecule has 2 heterocycles. The van der Waals surface area contributed by atoms with E-state index in [1.165, 1.54) is 15.4 Å². The fourth-order valence-electron chi connectivity index (χ4n) is 2.66. The van der Waals surface area contributed by atoms with Crippen molar-refractivity contribution in [2.45, 2.75) is 16.0 Å². The fourth-order valence-corrected chi connectivity index (χ4v) is 3.64. The number of aromatic nitrogens is 4. The summed E-state index contributed by atoms with van der Waals surface area (Å²) in [7, 11) is 0. The predicted molar refractivity (Wildman–Crippen MR) is 95.0 cm³/mol. The molecule has 0 aliphatic carbocycles. The van der Waals surface area contributed by atoms with Crippen LogP contribution in [0, 0.1) is 0 Å². The third kappa shape index (κ3) is 2.98. The van der Waals surface area contributed by atoms with Gasteiger partial charge in [0.25, 0.3) is 0 Å². The van der Waals surface area contributed by atoms with Crippen LogP contribution in [-0.2, 0) is 0 Å². The van der Waals surface area contributed by atoms with E-state index < -0.39 is 0 Å². The van der Waals surface area contributed by atoms with E-state index in [0.717, 1.165) is 0 Å². The lowest BCUT2D eigenvalue weighted by Crippen LogP contribution is -2.21. The molecule has 0 fully saturated rings. The van der Waals surface area contributed by atoms with Crippen LogP contribution < -0.4 is 0 Å². The normalized spacial score (nSPS) is 11.0. The van der Waals surface area contributed by atoms with Crippen molar-refractivity contribution in [1.29, 1.82) is 0 Å². The molecule has 0 bridgehead atoms. The molecule has 0 saturated heterocycles. The summed E-state index contributed by atoms with van der Waals surface area (Å²) in [5, 5.41) is 8.89. The number of hydrogen-bond donors (Lipinski definition) is 0. The summed E-state index contributed by atoms with van der Waals surface area (Å²) in [5.41, 5.74) is 1.17. The van der Waals surface area contributed by atoms with Crippen molar-refractivity contribution in [2.75, 3.05) is 0 Å². The van der Waals surface area contributed by atoms with Crippen LogP contribution in [0.5, 0.6) is 0 Å². The van der Waals surface area contributed by atoms with E-state index in [1.54, 1.807) is 24.2 Å². The molecule has 0 aliphatic rings. The molecule has 4 nitrogen and oxygen atoms in total. The van der Waals surface area contributed by atoms with Gasteiger partial charge < -0.3 is 0 Å². The average Bonchev–Trinajstić information content (AvgIpc) is 3.32. The Bertz CT molecular complexity index is 852. The van der Waals surface area contributed by atoms with Gasteiger partial charge in [-0.05, 0) is 30.3 Å². The summed E-state index contributed by atoms with van der Waals surface area (Å²) in [4.78, 5) is 2.41. The predicted octanol–water partition coefficient (Wildman–Crippen LogP) is 4.33. The van der Waals surface area contributed by atoms with Gasteiger partial charge in [-0.25, -0.2) is 9.36 Å². The summed E-state index contributed by atoms with van der Waals surface area (Å²) in [6, 6.07) is 22.7. The molecule has 0 aliphatic heterocycles. The van der Waals surface area contributed by atoms with Crippen molar-refractivity contribution >= 4 is 11.8 Å². The average molecular weight is 332 g/mol. The lowest BCUT2D eigenvalue weighted by Gasteiger charge is -2.21. The van der Waals surface area contributed by atoms with Gasteiger partial charge in [-0.15, -0.1) is 0 Å². The lowest BCUT2D eigenvalue weighted by molar-refractivity contribution is 0.413. The minimum Gasteiger partial charge on any atom is -0.244 e. The zero-order chi connectivity index (χ0) is 16.2. The Morgan fingerprint density at radius 2 is 1.33 bits per heavy atom. The van der Waals surface area contributed by atoms with E-state index in [4.69, 9.17) is 0 Å². The highest BCUT2D eigenvalue weighted by atomic mass is 32.2. The maximum Gasteiger partial charge on any atom is 0.169 e. The highest BCUT2D eigenvalue weighted by Crippen LogP contribution is 2.34. The minimum atomic E-state index is -0.109. The van der Waals surface area contributed by atoms with Gasteiger partial charge in [0, 0.05) is 40.1 Å². The zero-order valence-corrected chi connectivity index (χ0v) is 13.8. The summed E-state index contributed by atoms with van der Waals surface area (Å²) in [6.45, 7) is 0. The molecule has 4 aromatic rings. The molecule has 0 atom stereocenters. The topological polar surface area (TPSA) is 35.6 Å². The summed E-state index contributed by atoms with van der Waals surface area (Å²) >= 11 is 1.75. The first-order valence-electron chi connectivity index (χ1n) is 7.72. The second-order valence-corrected chi connectivity index (χ2v) is 6.41. The molecule has 0 N–H and O–H groups in total. The molecular weight excluding hydrogens is 316 g/mol. The van der Waals surface area contributed by atoms with Crippen molar-refractivity contribution in [1.82, 2.24) is 19.6 Å². The highest BCUT2D eigenvalue weighted by molar-refractivity contribution is 7.99. The quantitative estimate of drug-likeness (QED) is 0.546. The third-order valence-corrected chi connectivity index (χ3v) is 4.82. The molecule has 5 heteroatoms. The second kappa shape index (κ2) is 6.76. The van der Waals surface area contributed by atoms with Gasteiger partial charge in [-0.3, -0.25) is 0 Å². The Balaban J connectivity index is 1.79. The maximum absolute atomic E-state index is 4.44. The minimum absolute atomic E-state index is 0.109.